The van der Waals surface area contributed by atoms with Gasteiger partial charge >= 0.3 is 12.0 Å². The van der Waals surface area contributed by atoms with Crippen LogP contribution in [0.1, 0.15) is 18.5 Å². The van der Waals surface area contributed by atoms with Gasteiger partial charge in [0.1, 0.15) is 18.1 Å². The van der Waals surface area contributed by atoms with Crippen molar-refractivity contribution >= 4 is 12.0 Å². The second-order valence-electron chi connectivity index (χ2n) is 7.07. The smallest absolute Gasteiger partial charge is 0.338 e. The molecule has 2 aromatic carbocycles. The number of esters is 1. The zero-order valence-electron chi connectivity index (χ0n) is 19.3. The van der Waals surface area contributed by atoms with E-state index < -0.39 is 18.0 Å². The SMILES string of the molecule is CCOC(=O)C1=C(COc2ccccc2OC)N(C)C(=O)NC1c1ccc(OC)cc1OC. The van der Waals surface area contributed by atoms with Gasteiger partial charge < -0.3 is 29.0 Å². The van der Waals surface area contributed by atoms with Gasteiger partial charge in [0.05, 0.1) is 45.2 Å². The van der Waals surface area contributed by atoms with Crippen LogP contribution < -0.4 is 24.3 Å². The average Bonchev–Trinajstić information content (AvgIpc) is 2.84. The van der Waals surface area contributed by atoms with Gasteiger partial charge in [-0.2, -0.15) is 0 Å². The Morgan fingerprint density at radius 2 is 1.70 bits per heavy atom. The lowest BCUT2D eigenvalue weighted by Gasteiger charge is -2.35. The predicted molar refractivity (Wildman–Crippen MR) is 121 cm³/mol. The number of urea groups is 1. The number of hydrogen-bond acceptors (Lipinski definition) is 7. The number of carbonyl (C=O) groups excluding carboxylic acids is 2. The molecule has 1 atom stereocenters. The van der Waals surface area contributed by atoms with E-state index in [0.717, 1.165) is 0 Å². The molecule has 1 unspecified atom stereocenters. The van der Waals surface area contributed by atoms with Gasteiger partial charge in [-0.05, 0) is 31.2 Å². The Hall–Kier alpha value is -3.88. The number of ether oxygens (including phenoxy) is 5. The van der Waals surface area contributed by atoms with Gasteiger partial charge in [0.25, 0.3) is 0 Å². The summed E-state index contributed by atoms with van der Waals surface area (Å²) in [6, 6.07) is 11.1. The molecular weight excluding hydrogens is 428 g/mol. The van der Waals surface area contributed by atoms with Crippen LogP contribution in [0.4, 0.5) is 4.79 Å². The largest absolute Gasteiger partial charge is 0.497 e. The number of para-hydroxylation sites is 2. The van der Waals surface area contributed by atoms with E-state index in [2.05, 4.69) is 5.32 Å². The molecule has 9 heteroatoms. The molecule has 0 bridgehead atoms. The van der Waals surface area contributed by atoms with Crippen molar-refractivity contribution in [2.45, 2.75) is 13.0 Å². The Bertz CT molecular complexity index is 1050. The topological polar surface area (TPSA) is 95.6 Å². The molecule has 0 radical (unpaired) electrons. The van der Waals surface area contributed by atoms with E-state index in [1.54, 1.807) is 57.5 Å². The van der Waals surface area contributed by atoms with Crippen molar-refractivity contribution in [3.8, 4) is 23.0 Å². The van der Waals surface area contributed by atoms with Gasteiger partial charge in [0.2, 0.25) is 0 Å². The van der Waals surface area contributed by atoms with E-state index in [-0.39, 0.29) is 18.8 Å². The van der Waals surface area contributed by atoms with Crippen molar-refractivity contribution in [1.82, 2.24) is 10.2 Å². The molecule has 9 nitrogen and oxygen atoms in total. The summed E-state index contributed by atoms with van der Waals surface area (Å²) in [6.45, 7) is 1.83. The number of likely N-dealkylation sites (N-methyl/N-ethyl adjacent to an activating group) is 1. The first-order valence-corrected chi connectivity index (χ1v) is 10.4. The van der Waals surface area contributed by atoms with Crippen molar-refractivity contribution in [3.63, 3.8) is 0 Å². The molecule has 1 aliphatic rings. The number of nitrogens with one attached hydrogen (secondary N) is 1. The third kappa shape index (κ3) is 4.97. The molecule has 1 N–H and O–H groups in total. The lowest BCUT2D eigenvalue weighted by Crippen LogP contribution is -2.48. The van der Waals surface area contributed by atoms with Gasteiger partial charge in [0.15, 0.2) is 11.5 Å². The van der Waals surface area contributed by atoms with Gasteiger partial charge in [-0.3, -0.25) is 4.90 Å². The molecule has 0 fully saturated rings. The Labute approximate surface area is 192 Å². The van der Waals surface area contributed by atoms with Gasteiger partial charge in [-0.1, -0.05) is 12.1 Å². The highest BCUT2D eigenvalue weighted by atomic mass is 16.5. The summed E-state index contributed by atoms with van der Waals surface area (Å²) in [5.74, 6) is 1.49. The standard InChI is InChI=1S/C24H28N2O7/c1-6-32-23(27)21-17(14-33-19-10-8-7-9-18(19)30-4)26(2)24(28)25-22(21)16-12-11-15(29-3)13-20(16)31-5/h7-13,22H,6,14H2,1-5H3,(H,25,28). The first-order chi connectivity index (χ1) is 15.9. The Kier molecular flexibility index (Phi) is 7.66. The zero-order valence-corrected chi connectivity index (χ0v) is 19.3. The molecule has 3 rings (SSSR count). The molecule has 2 aromatic rings. The number of methoxy groups -OCH3 is 3. The number of benzene rings is 2. The van der Waals surface area contributed by atoms with Crippen LogP contribution in [-0.2, 0) is 9.53 Å². The van der Waals surface area contributed by atoms with Gasteiger partial charge in [-0.15, -0.1) is 0 Å². The van der Waals surface area contributed by atoms with Crippen LogP contribution in [-0.4, -0.2) is 58.5 Å². The number of nitrogens with zero attached hydrogens (tertiary/aromatic N) is 1. The van der Waals surface area contributed by atoms with Crippen LogP contribution in [0.25, 0.3) is 0 Å². The average molecular weight is 456 g/mol. The van der Waals surface area contributed by atoms with Crippen molar-refractivity contribution in [3.05, 3.63) is 59.3 Å². The quantitative estimate of drug-likeness (QED) is 0.579. The summed E-state index contributed by atoms with van der Waals surface area (Å²) in [5, 5.41) is 2.86. The van der Waals surface area contributed by atoms with Gasteiger partial charge in [-0.25, -0.2) is 9.59 Å². The van der Waals surface area contributed by atoms with E-state index in [1.165, 1.54) is 19.1 Å². The first-order valence-electron chi connectivity index (χ1n) is 10.4. The van der Waals surface area contributed by atoms with Crippen LogP contribution in [0.5, 0.6) is 23.0 Å². The normalized spacial score (nSPS) is 15.6. The minimum Gasteiger partial charge on any atom is -0.497 e. The fourth-order valence-electron chi connectivity index (χ4n) is 3.56. The highest BCUT2D eigenvalue weighted by Gasteiger charge is 2.38. The molecule has 33 heavy (non-hydrogen) atoms. The van der Waals surface area contributed by atoms with Crippen molar-refractivity contribution in [1.29, 1.82) is 0 Å². The molecule has 0 saturated heterocycles. The molecule has 0 aliphatic carbocycles. The van der Waals surface area contributed by atoms with E-state index in [0.29, 0.717) is 34.3 Å². The first kappa shape index (κ1) is 23.8. The number of hydrogen-bond donors (Lipinski definition) is 1. The summed E-state index contributed by atoms with van der Waals surface area (Å²) in [7, 11) is 6.16. The summed E-state index contributed by atoms with van der Waals surface area (Å²) < 4.78 is 27.4. The summed E-state index contributed by atoms with van der Waals surface area (Å²) in [6.07, 6.45) is 0. The maximum Gasteiger partial charge on any atom is 0.338 e. The number of rotatable bonds is 9. The molecule has 1 aliphatic heterocycles. The molecule has 176 valence electrons. The van der Waals surface area contributed by atoms with Crippen LogP contribution in [0.15, 0.2) is 53.7 Å². The second-order valence-corrected chi connectivity index (χ2v) is 7.07. The Balaban J connectivity index is 2.10. The molecular formula is C24H28N2O7. The third-order valence-corrected chi connectivity index (χ3v) is 5.26. The zero-order chi connectivity index (χ0) is 24.0. The fraction of sp³-hybridized carbons (Fsp3) is 0.333. The van der Waals surface area contributed by atoms with Crippen molar-refractivity contribution < 1.29 is 33.3 Å². The van der Waals surface area contributed by atoms with Crippen LogP contribution in [0, 0.1) is 0 Å². The van der Waals surface area contributed by atoms with E-state index >= 15 is 0 Å². The van der Waals surface area contributed by atoms with Crippen LogP contribution in [0.2, 0.25) is 0 Å². The maximum atomic E-state index is 13.1. The third-order valence-electron chi connectivity index (χ3n) is 5.26. The monoisotopic (exact) mass is 456 g/mol. The lowest BCUT2D eigenvalue weighted by atomic mass is 9.94. The van der Waals surface area contributed by atoms with Gasteiger partial charge in [0, 0.05) is 18.7 Å². The summed E-state index contributed by atoms with van der Waals surface area (Å²) in [5.41, 5.74) is 1.20. The second kappa shape index (κ2) is 10.6. The minimum absolute atomic E-state index is 0.0621. The van der Waals surface area contributed by atoms with Crippen molar-refractivity contribution in [2.75, 3.05) is 41.6 Å². The molecule has 0 spiro atoms. The Morgan fingerprint density at radius 1 is 1.00 bits per heavy atom. The summed E-state index contributed by atoms with van der Waals surface area (Å²) >= 11 is 0. The lowest BCUT2D eigenvalue weighted by molar-refractivity contribution is -0.139. The molecule has 1 heterocycles. The molecule has 2 amide bonds. The number of carbonyl (C=O) groups is 2. The summed E-state index contributed by atoms with van der Waals surface area (Å²) in [4.78, 5) is 27.3. The van der Waals surface area contributed by atoms with E-state index in [9.17, 15) is 9.59 Å². The minimum atomic E-state index is -0.815. The van der Waals surface area contributed by atoms with Crippen LogP contribution >= 0.6 is 0 Å². The van der Waals surface area contributed by atoms with E-state index in [4.69, 9.17) is 23.7 Å². The highest BCUT2D eigenvalue weighted by molar-refractivity contribution is 5.95. The predicted octanol–water partition coefficient (Wildman–Crippen LogP) is 3.30. The van der Waals surface area contributed by atoms with E-state index in [1.807, 2.05) is 6.07 Å². The number of amides is 2. The molecule has 0 saturated carbocycles. The van der Waals surface area contributed by atoms with Crippen molar-refractivity contribution in [2.24, 2.45) is 0 Å². The highest BCUT2D eigenvalue weighted by Crippen LogP contribution is 2.38. The van der Waals surface area contributed by atoms with Crippen LogP contribution in [0.3, 0.4) is 0 Å². The Morgan fingerprint density at radius 3 is 2.33 bits per heavy atom. The maximum absolute atomic E-state index is 13.1. The fourth-order valence-corrected chi connectivity index (χ4v) is 3.56. The molecule has 0 aromatic heterocycles.